The van der Waals surface area contributed by atoms with E-state index in [2.05, 4.69) is 44.5 Å². The lowest BCUT2D eigenvalue weighted by atomic mass is 9.97. The van der Waals surface area contributed by atoms with Gasteiger partial charge in [0.05, 0.1) is 17.9 Å². The van der Waals surface area contributed by atoms with Crippen LogP contribution in [0.2, 0.25) is 19.6 Å². The zero-order chi connectivity index (χ0) is 16.7. The summed E-state index contributed by atoms with van der Waals surface area (Å²) < 4.78 is 23.4. The molecule has 0 saturated heterocycles. The summed E-state index contributed by atoms with van der Waals surface area (Å²) in [5, 5.41) is 1.31. The van der Waals surface area contributed by atoms with Crippen molar-refractivity contribution in [1.82, 2.24) is 4.98 Å². The van der Waals surface area contributed by atoms with Gasteiger partial charge in [0.1, 0.15) is 0 Å². The van der Waals surface area contributed by atoms with E-state index < -0.39 is 8.07 Å². The Kier molecular flexibility index (Phi) is 2.89. The molecule has 0 fully saturated rings. The van der Waals surface area contributed by atoms with E-state index in [4.69, 9.17) is 4.11 Å². The summed E-state index contributed by atoms with van der Waals surface area (Å²) in [6.07, 6.45) is 1.94. The van der Waals surface area contributed by atoms with Crippen LogP contribution in [0.3, 0.4) is 0 Å². The normalized spacial score (nSPS) is 14.1. The zero-order valence-electron chi connectivity index (χ0n) is 15.3. The first-order valence-corrected chi connectivity index (χ1v) is 10.2. The van der Waals surface area contributed by atoms with Crippen molar-refractivity contribution >= 4 is 13.3 Å². The fourth-order valence-corrected chi connectivity index (χ4v) is 3.06. The Morgan fingerprint density at radius 1 is 1.11 bits per heavy atom. The van der Waals surface area contributed by atoms with Crippen molar-refractivity contribution in [3.63, 3.8) is 0 Å². The lowest BCUT2D eigenvalue weighted by Gasteiger charge is -2.20. The van der Waals surface area contributed by atoms with Crippen LogP contribution >= 0.6 is 0 Å². The van der Waals surface area contributed by atoms with Crippen LogP contribution in [0.15, 0.2) is 42.5 Å². The largest absolute Gasteiger partial charge is 0.256 e. The minimum Gasteiger partial charge on any atom is -0.256 e. The van der Waals surface area contributed by atoms with Gasteiger partial charge in [-0.05, 0) is 16.7 Å². The first-order valence-electron chi connectivity index (χ1n) is 8.20. The van der Waals surface area contributed by atoms with Gasteiger partial charge in [0.15, 0.2) is 0 Å². The third-order valence-corrected chi connectivity index (χ3v) is 5.28. The van der Waals surface area contributed by atoms with E-state index in [9.17, 15) is 0 Å². The number of rotatable bonds is 3. The highest BCUT2D eigenvalue weighted by Gasteiger charge is 2.20. The minimum absolute atomic E-state index is 0.0337. The third-order valence-electron chi connectivity index (χ3n) is 3.28. The number of aromatic nitrogens is 1. The molecule has 0 aliphatic rings. The summed E-state index contributed by atoms with van der Waals surface area (Å²) in [6, 6.07) is 5.64. The molecule has 100 valence electrons. The van der Waals surface area contributed by atoms with Crippen molar-refractivity contribution in [2.45, 2.75) is 39.4 Å². The first-order chi connectivity index (χ1) is 10.1. The maximum absolute atomic E-state index is 7.84. The van der Waals surface area contributed by atoms with Gasteiger partial charge in [0.25, 0.3) is 0 Å². The highest BCUT2D eigenvalue weighted by atomic mass is 28.3. The topological polar surface area (TPSA) is 12.9 Å². The molecular weight excluding hydrogens is 246 g/mol. The smallest absolute Gasteiger partial charge is 0.0796 e. The summed E-state index contributed by atoms with van der Waals surface area (Å²) >= 11 is 0. The van der Waals surface area contributed by atoms with Gasteiger partial charge in [0.2, 0.25) is 0 Å². The molecule has 0 aliphatic heterocycles. The molecule has 0 amide bonds. The van der Waals surface area contributed by atoms with Crippen molar-refractivity contribution in [3.8, 4) is 11.3 Å². The van der Waals surface area contributed by atoms with Crippen LogP contribution in [-0.4, -0.2) is 13.1 Å². The Balaban J connectivity index is 2.65. The molecule has 0 atom stereocenters. The Morgan fingerprint density at radius 3 is 2.26 bits per heavy atom. The van der Waals surface area contributed by atoms with Crippen LogP contribution in [0, 0.1) is 0 Å². The monoisotopic (exact) mass is 272 g/mol. The maximum atomic E-state index is 7.84. The van der Waals surface area contributed by atoms with E-state index in [0.717, 1.165) is 16.8 Å². The summed E-state index contributed by atoms with van der Waals surface area (Å²) in [4.78, 5) is 4.66. The molecular formula is C17H23NSi. The average Bonchev–Trinajstić information content (AvgIpc) is 2.42. The van der Waals surface area contributed by atoms with Gasteiger partial charge in [-0.25, -0.2) is 0 Å². The van der Waals surface area contributed by atoms with Crippen LogP contribution < -0.4 is 5.19 Å². The molecule has 1 aromatic carbocycles. The molecule has 0 unspecified atom stereocenters. The molecule has 0 N–H and O–H groups in total. The molecule has 0 radical (unpaired) electrons. The van der Waals surface area contributed by atoms with Gasteiger partial charge < -0.3 is 0 Å². The van der Waals surface area contributed by atoms with Crippen molar-refractivity contribution in [2.24, 2.45) is 0 Å². The number of hydrogen-bond acceptors (Lipinski definition) is 1. The molecule has 0 saturated carbocycles. The lowest BCUT2D eigenvalue weighted by Crippen LogP contribution is -2.38. The molecule has 1 aromatic heterocycles. The average molecular weight is 272 g/mol. The Labute approximate surface area is 121 Å². The molecule has 1 heterocycles. The highest BCUT2D eigenvalue weighted by Crippen LogP contribution is 2.26. The van der Waals surface area contributed by atoms with Gasteiger partial charge in [-0.2, -0.15) is 0 Å². The van der Waals surface area contributed by atoms with E-state index in [1.54, 1.807) is 12.1 Å². The fourth-order valence-electron chi connectivity index (χ4n) is 2.02. The molecule has 0 spiro atoms. The van der Waals surface area contributed by atoms with Crippen LogP contribution in [0.25, 0.3) is 11.3 Å². The van der Waals surface area contributed by atoms with Crippen molar-refractivity contribution in [2.75, 3.05) is 0 Å². The quantitative estimate of drug-likeness (QED) is 0.754. The van der Waals surface area contributed by atoms with E-state index in [1.165, 1.54) is 5.19 Å². The maximum Gasteiger partial charge on any atom is 0.0796 e. The van der Waals surface area contributed by atoms with Gasteiger partial charge in [-0.1, -0.05) is 69.8 Å². The second kappa shape index (κ2) is 5.30. The van der Waals surface area contributed by atoms with Crippen LogP contribution in [0.4, 0.5) is 0 Å². The predicted octanol–water partition coefficient (Wildman–Crippen LogP) is 4.42. The van der Waals surface area contributed by atoms with Crippen molar-refractivity contribution < 1.29 is 4.11 Å². The summed E-state index contributed by atoms with van der Waals surface area (Å²) in [6.45, 7) is 11.2. The number of pyridine rings is 1. The molecule has 0 aliphatic carbocycles. The lowest BCUT2D eigenvalue weighted by molar-refractivity contribution is 0.863. The summed E-state index contributed by atoms with van der Waals surface area (Å²) in [7, 11) is -1.43. The van der Waals surface area contributed by atoms with Gasteiger partial charge >= 0.3 is 0 Å². The Bertz CT molecular complexity index is 683. The van der Waals surface area contributed by atoms with Crippen molar-refractivity contribution in [1.29, 1.82) is 0 Å². The molecule has 2 aromatic rings. The number of nitrogens with zero attached hydrogens (tertiary/aromatic N) is 1. The Hall–Kier alpha value is -1.41. The van der Waals surface area contributed by atoms with E-state index in [1.807, 2.05) is 6.20 Å². The van der Waals surface area contributed by atoms with Gasteiger partial charge in [0, 0.05) is 11.8 Å². The molecule has 2 rings (SSSR count). The summed E-state index contributed by atoms with van der Waals surface area (Å²) in [5.74, 6) is 0.317. The molecule has 19 heavy (non-hydrogen) atoms. The number of hydrogen-bond donors (Lipinski definition) is 0. The Morgan fingerprint density at radius 2 is 1.74 bits per heavy atom. The molecule has 2 heteroatoms. The van der Waals surface area contributed by atoms with Crippen molar-refractivity contribution in [3.05, 3.63) is 48.1 Å². The van der Waals surface area contributed by atoms with E-state index in [-0.39, 0.29) is 18.1 Å². The van der Waals surface area contributed by atoms with E-state index in [0.29, 0.717) is 5.92 Å². The van der Waals surface area contributed by atoms with E-state index >= 15 is 0 Å². The van der Waals surface area contributed by atoms with Crippen LogP contribution in [-0.2, 0) is 0 Å². The molecule has 0 bridgehead atoms. The zero-order valence-corrected chi connectivity index (χ0v) is 13.3. The van der Waals surface area contributed by atoms with Gasteiger partial charge in [-0.3, -0.25) is 4.98 Å². The summed E-state index contributed by atoms with van der Waals surface area (Å²) in [5.41, 5.74) is 2.74. The van der Waals surface area contributed by atoms with Crippen LogP contribution in [0.1, 0.15) is 29.4 Å². The number of benzene rings is 1. The molecule has 1 nitrogen and oxygen atoms in total. The second-order valence-electron chi connectivity index (χ2n) is 6.22. The third kappa shape index (κ3) is 3.13. The first kappa shape index (κ1) is 10.4. The fraction of sp³-hybridized carbons (Fsp3) is 0.353. The highest BCUT2D eigenvalue weighted by molar-refractivity contribution is 6.88. The predicted molar refractivity (Wildman–Crippen MR) is 86.7 cm³/mol. The second-order valence-corrected chi connectivity index (χ2v) is 11.3. The minimum atomic E-state index is -1.43. The standard InChI is InChI=1S/C17H23NSi/c1-13(2)16-11-15(19(3,4)5)12-18-17(16)14-9-7-6-8-10-14/h6-13H,1-5H3/i6D,7D,8D. The SMILES string of the molecule is [2H]c1cc(-c2ncc([Si](C)(C)C)cc2C(C)C)cc([2H])c1[2H]. The van der Waals surface area contributed by atoms with Gasteiger partial charge in [-0.15, -0.1) is 0 Å². The van der Waals surface area contributed by atoms with Crippen LogP contribution in [0.5, 0.6) is 0 Å².